The summed E-state index contributed by atoms with van der Waals surface area (Å²) in [6.07, 6.45) is 6.90. The van der Waals surface area contributed by atoms with Gasteiger partial charge in [0.05, 0.1) is 12.6 Å². The lowest BCUT2D eigenvalue weighted by Crippen LogP contribution is -2.50. The molecule has 0 aromatic rings. The average molecular weight is 201 g/mol. The lowest BCUT2D eigenvalue weighted by atomic mass is 10.0. The van der Waals surface area contributed by atoms with Gasteiger partial charge in [-0.05, 0) is 25.7 Å². The Morgan fingerprint density at radius 1 is 1.29 bits per heavy atom. The van der Waals surface area contributed by atoms with E-state index >= 15 is 0 Å². The first-order valence-electron chi connectivity index (χ1n) is 5.80. The lowest BCUT2D eigenvalue weighted by molar-refractivity contribution is -0.368. The molecule has 14 heavy (non-hydrogen) atoms. The Balaban J connectivity index is 3.44. The Hall–Kier alpha value is -0.410. The van der Waals surface area contributed by atoms with E-state index in [0.717, 1.165) is 45.1 Å². The number of quaternary nitrogens is 1. The number of unbranched alkanes of at least 4 members (excludes halogenated alkanes) is 3. The van der Waals surface area contributed by atoms with Gasteiger partial charge in [0.25, 0.3) is 0 Å². The van der Waals surface area contributed by atoms with E-state index in [1.165, 1.54) is 0 Å². The van der Waals surface area contributed by atoms with Crippen LogP contribution in [-0.2, 0) is 4.79 Å². The third-order valence-electron chi connectivity index (χ3n) is 2.46. The van der Waals surface area contributed by atoms with Crippen molar-refractivity contribution in [1.82, 2.24) is 0 Å². The van der Waals surface area contributed by atoms with Gasteiger partial charge in [0.15, 0.2) is 0 Å². The highest BCUT2D eigenvalue weighted by Gasteiger charge is 2.11. The second-order valence-electron chi connectivity index (χ2n) is 3.88. The number of Topliss-reactive ketones (excluding diaryl/α,β-unsaturated/α-hetero) is 1. The predicted octanol–water partition coefficient (Wildman–Crippen LogP) is 0.875. The minimum atomic E-state index is -0.224. The molecule has 0 fully saturated rings. The van der Waals surface area contributed by atoms with Crippen molar-refractivity contribution in [2.45, 2.75) is 57.9 Å². The number of rotatable bonds is 9. The van der Waals surface area contributed by atoms with Crippen LogP contribution in [0.3, 0.4) is 0 Å². The van der Waals surface area contributed by atoms with Gasteiger partial charge in [0.1, 0.15) is 5.78 Å². The number of hydrogen-bond donors (Lipinski definition) is 2. The molecule has 0 aliphatic heterocycles. The van der Waals surface area contributed by atoms with Gasteiger partial charge >= 0.3 is 0 Å². The standard InChI is InChI=1S/C11H24N2O/c1-2-3-4-8-11(14)10(13)7-5-6-9-12/h10H,2-9,12-13H2,1H3/p+1. The highest BCUT2D eigenvalue weighted by Crippen LogP contribution is 2.05. The van der Waals surface area contributed by atoms with Gasteiger partial charge in [0.2, 0.25) is 0 Å². The van der Waals surface area contributed by atoms with E-state index in [1.807, 2.05) is 0 Å². The molecule has 0 heterocycles. The molecule has 0 spiro atoms. The van der Waals surface area contributed by atoms with Crippen LogP contribution in [0.25, 0.3) is 0 Å². The van der Waals surface area contributed by atoms with E-state index in [-0.39, 0.29) is 11.8 Å². The van der Waals surface area contributed by atoms with E-state index < -0.39 is 0 Å². The van der Waals surface area contributed by atoms with Gasteiger partial charge in [-0.15, -0.1) is 0 Å². The number of carbonyl (C=O) groups is 1. The van der Waals surface area contributed by atoms with Crippen LogP contribution < -0.4 is 11.5 Å². The van der Waals surface area contributed by atoms with Gasteiger partial charge < -0.3 is 11.5 Å². The van der Waals surface area contributed by atoms with Crippen LogP contribution >= 0.6 is 0 Å². The molecule has 0 rings (SSSR count). The fourth-order valence-electron chi connectivity index (χ4n) is 1.44. The summed E-state index contributed by atoms with van der Waals surface area (Å²) in [6.45, 7) is 3.08. The summed E-state index contributed by atoms with van der Waals surface area (Å²) in [7, 11) is 0. The monoisotopic (exact) mass is 201 g/mol. The molecular formula is C11H25N2O+. The predicted molar refractivity (Wildman–Crippen MR) is 58.7 cm³/mol. The van der Waals surface area contributed by atoms with Crippen molar-refractivity contribution in [3.63, 3.8) is 0 Å². The Kier molecular flexibility index (Phi) is 8.89. The number of hydrogen-bond acceptors (Lipinski definition) is 2. The number of ketones is 1. The van der Waals surface area contributed by atoms with Crippen LogP contribution in [0.2, 0.25) is 0 Å². The second kappa shape index (κ2) is 9.16. The fourth-order valence-corrected chi connectivity index (χ4v) is 1.44. The largest absolute Gasteiger partial charge is 0.358 e. The summed E-state index contributed by atoms with van der Waals surface area (Å²) >= 11 is 0. The smallest absolute Gasteiger partial charge is 0.149 e. The summed E-state index contributed by atoms with van der Waals surface area (Å²) in [5.41, 5.74) is 9.53. The van der Waals surface area contributed by atoms with E-state index in [9.17, 15) is 4.79 Å². The van der Waals surface area contributed by atoms with Crippen molar-refractivity contribution in [3.8, 4) is 0 Å². The van der Waals surface area contributed by atoms with Crippen LogP contribution in [-0.4, -0.2) is 18.4 Å². The molecule has 84 valence electrons. The van der Waals surface area contributed by atoms with Crippen LogP contribution in [0.5, 0.6) is 0 Å². The zero-order chi connectivity index (χ0) is 10.8. The van der Waals surface area contributed by atoms with Gasteiger partial charge in [-0.1, -0.05) is 19.8 Å². The molecule has 0 saturated heterocycles. The average Bonchev–Trinajstić information content (AvgIpc) is 2.18. The lowest BCUT2D eigenvalue weighted by Gasteiger charge is -2.09. The van der Waals surface area contributed by atoms with E-state index in [0.29, 0.717) is 6.42 Å². The van der Waals surface area contributed by atoms with Crippen molar-refractivity contribution in [2.75, 3.05) is 6.54 Å². The summed E-state index contributed by atoms with van der Waals surface area (Å²) in [4.78, 5) is 11.5. The molecule has 3 heteroatoms. The van der Waals surface area contributed by atoms with E-state index in [1.54, 1.807) is 0 Å². The van der Waals surface area contributed by atoms with Crippen LogP contribution in [0.4, 0.5) is 0 Å². The van der Waals surface area contributed by atoms with Crippen molar-refractivity contribution < 1.29 is 10.5 Å². The molecule has 1 atom stereocenters. The maximum atomic E-state index is 11.5. The molecule has 3 nitrogen and oxygen atoms in total. The summed E-state index contributed by atoms with van der Waals surface area (Å²) < 4.78 is 0. The minimum absolute atomic E-state index is 0.224. The number of nitrogens with two attached hydrogens (primary N) is 1. The molecule has 0 aromatic heterocycles. The van der Waals surface area contributed by atoms with Gasteiger partial charge in [0, 0.05) is 6.42 Å². The molecule has 0 aromatic carbocycles. The van der Waals surface area contributed by atoms with E-state index in [4.69, 9.17) is 5.73 Å². The van der Waals surface area contributed by atoms with Crippen LogP contribution in [0, 0.1) is 0 Å². The molecule has 0 saturated carbocycles. The molecule has 0 bridgehead atoms. The second-order valence-corrected chi connectivity index (χ2v) is 3.88. The molecule has 0 amide bonds. The molecule has 1 unspecified atom stereocenters. The Labute approximate surface area is 87.2 Å². The number of carbonyl (C=O) groups excluding carboxylic acids is 1. The maximum Gasteiger partial charge on any atom is 0.149 e. The Morgan fingerprint density at radius 3 is 2.57 bits per heavy atom. The highest BCUT2D eigenvalue weighted by molar-refractivity contribution is 5.83. The van der Waals surface area contributed by atoms with Crippen molar-refractivity contribution in [1.29, 1.82) is 0 Å². The molecule has 0 radical (unpaired) electrons. The van der Waals surface area contributed by atoms with Gasteiger partial charge in [-0.3, -0.25) is 4.79 Å². The quantitative estimate of drug-likeness (QED) is 0.543. The Morgan fingerprint density at radius 2 is 2.00 bits per heavy atom. The first-order chi connectivity index (χ1) is 6.72. The first kappa shape index (κ1) is 13.6. The molecule has 5 N–H and O–H groups in total. The zero-order valence-electron chi connectivity index (χ0n) is 9.43. The highest BCUT2D eigenvalue weighted by atomic mass is 16.1. The van der Waals surface area contributed by atoms with E-state index in [2.05, 4.69) is 12.7 Å². The molecule has 0 aliphatic rings. The van der Waals surface area contributed by atoms with Gasteiger partial charge in [-0.2, -0.15) is 0 Å². The Bertz CT molecular complexity index is 148. The normalized spacial score (nSPS) is 12.8. The summed E-state index contributed by atoms with van der Waals surface area (Å²) in [5.74, 6) is 0.238. The first-order valence-corrected chi connectivity index (χ1v) is 5.80. The zero-order valence-corrected chi connectivity index (χ0v) is 9.43. The minimum Gasteiger partial charge on any atom is -0.358 e. The molecular weight excluding hydrogens is 176 g/mol. The van der Waals surface area contributed by atoms with Crippen LogP contribution in [0.1, 0.15) is 51.9 Å². The van der Waals surface area contributed by atoms with Crippen molar-refractivity contribution in [2.24, 2.45) is 5.73 Å². The maximum absolute atomic E-state index is 11.5. The SMILES string of the molecule is CCCCCC(=O)C(N)CCCC[NH3+]. The fraction of sp³-hybridized carbons (Fsp3) is 0.909. The summed E-state index contributed by atoms with van der Waals surface area (Å²) in [5, 5.41) is 0. The van der Waals surface area contributed by atoms with Crippen molar-refractivity contribution >= 4 is 5.78 Å². The van der Waals surface area contributed by atoms with Gasteiger partial charge in [-0.25, -0.2) is 0 Å². The summed E-state index contributed by atoms with van der Waals surface area (Å²) in [6, 6.07) is -0.224. The molecule has 0 aliphatic carbocycles. The van der Waals surface area contributed by atoms with Crippen LogP contribution in [0.15, 0.2) is 0 Å². The third kappa shape index (κ3) is 7.04. The topological polar surface area (TPSA) is 70.7 Å². The third-order valence-corrected chi connectivity index (χ3v) is 2.46. The van der Waals surface area contributed by atoms with Crippen molar-refractivity contribution in [3.05, 3.63) is 0 Å².